The molecule has 0 amide bonds. The monoisotopic (exact) mass is 363 g/mol. The lowest BCUT2D eigenvalue weighted by atomic mass is 10.2. The first-order valence-corrected chi connectivity index (χ1v) is 8.24. The Hall–Kier alpha value is -3.25. The maximum Gasteiger partial charge on any atom is 0.163 e. The molecule has 7 heteroatoms. The summed E-state index contributed by atoms with van der Waals surface area (Å²) in [7, 11) is 1.63. The van der Waals surface area contributed by atoms with Crippen LogP contribution < -0.4 is 10.1 Å². The number of rotatable bonds is 4. The minimum atomic E-state index is 0.544. The Kier molecular flexibility index (Phi) is 4.33. The van der Waals surface area contributed by atoms with Crippen molar-refractivity contribution in [1.29, 1.82) is 0 Å². The number of pyridine rings is 2. The van der Waals surface area contributed by atoms with E-state index in [1.165, 1.54) is 0 Å². The fraction of sp³-hybridized carbons (Fsp3) is 0.0526. The molecule has 0 saturated carbocycles. The lowest BCUT2D eigenvalue weighted by Gasteiger charge is -2.12. The number of hydrogen-bond donors (Lipinski definition) is 1. The van der Waals surface area contributed by atoms with Gasteiger partial charge in [-0.05, 0) is 30.3 Å². The van der Waals surface area contributed by atoms with Crippen molar-refractivity contribution in [2.24, 2.45) is 0 Å². The van der Waals surface area contributed by atoms with Crippen LogP contribution in [-0.4, -0.2) is 27.0 Å². The first-order chi connectivity index (χ1) is 12.7. The van der Waals surface area contributed by atoms with E-state index >= 15 is 0 Å². The average Bonchev–Trinajstić information content (AvgIpc) is 2.68. The summed E-state index contributed by atoms with van der Waals surface area (Å²) >= 11 is 6.04. The van der Waals surface area contributed by atoms with E-state index in [1.54, 1.807) is 38.0 Å². The summed E-state index contributed by atoms with van der Waals surface area (Å²) < 4.78 is 5.32. The molecule has 1 N–H and O–H groups in total. The van der Waals surface area contributed by atoms with Crippen LogP contribution in [0.15, 0.2) is 61.2 Å². The van der Waals surface area contributed by atoms with Crippen LogP contribution >= 0.6 is 11.6 Å². The molecule has 3 heterocycles. The second kappa shape index (κ2) is 6.93. The minimum Gasteiger partial charge on any atom is -0.497 e. The van der Waals surface area contributed by atoms with Crippen LogP contribution in [0.1, 0.15) is 0 Å². The summed E-state index contributed by atoms with van der Waals surface area (Å²) in [6.07, 6.45) is 6.71. The Morgan fingerprint density at radius 2 is 1.92 bits per heavy atom. The normalized spacial score (nSPS) is 10.7. The first-order valence-electron chi connectivity index (χ1n) is 7.87. The smallest absolute Gasteiger partial charge is 0.163 e. The number of aromatic nitrogens is 4. The van der Waals surface area contributed by atoms with Crippen molar-refractivity contribution in [1.82, 2.24) is 19.9 Å². The van der Waals surface area contributed by atoms with Gasteiger partial charge < -0.3 is 10.1 Å². The van der Waals surface area contributed by atoms with Gasteiger partial charge in [0.05, 0.1) is 29.5 Å². The molecule has 0 aliphatic carbocycles. The quantitative estimate of drug-likeness (QED) is 0.575. The standard InChI is InChI=1S/C19H14ClN5O/c1-26-15-4-5-16-17(8-15)24-18(12-3-2-6-21-9-12)25-19(16)23-14-7-13(20)10-22-11-14/h2-11H,1H3,(H,23,24,25). The van der Waals surface area contributed by atoms with Gasteiger partial charge >= 0.3 is 0 Å². The molecule has 0 aliphatic rings. The Morgan fingerprint density at radius 1 is 1.00 bits per heavy atom. The third-order valence-corrected chi connectivity index (χ3v) is 4.00. The van der Waals surface area contributed by atoms with Crippen molar-refractivity contribution < 1.29 is 4.74 Å². The van der Waals surface area contributed by atoms with Crippen molar-refractivity contribution in [2.45, 2.75) is 0 Å². The SMILES string of the molecule is COc1ccc2c(Nc3cncc(Cl)c3)nc(-c3cccnc3)nc2c1. The molecular weight excluding hydrogens is 350 g/mol. The highest BCUT2D eigenvalue weighted by Crippen LogP contribution is 2.29. The van der Waals surface area contributed by atoms with Crippen molar-refractivity contribution in [3.8, 4) is 17.1 Å². The van der Waals surface area contributed by atoms with Gasteiger partial charge in [-0.25, -0.2) is 9.97 Å². The fourth-order valence-corrected chi connectivity index (χ4v) is 2.75. The second-order valence-electron chi connectivity index (χ2n) is 5.54. The van der Waals surface area contributed by atoms with Crippen molar-refractivity contribution in [3.63, 3.8) is 0 Å². The summed E-state index contributed by atoms with van der Waals surface area (Å²) in [4.78, 5) is 17.6. The number of ether oxygens (including phenoxy) is 1. The lowest BCUT2D eigenvalue weighted by Crippen LogP contribution is -2.00. The predicted octanol–water partition coefficient (Wildman–Crippen LogP) is 4.49. The van der Waals surface area contributed by atoms with E-state index in [0.717, 1.165) is 27.9 Å². The molecule has 0 spiro atoms. The van der Waals surface area contributed by atoms with Crippen molar-refractivity contribution in [2.75, 3.05) is 12.4 Å². The minimum absolute atomic E-state index is 0.544. The van der Waals surface area contributed by atoms with Crippen LogP contribution in [0.25, 0.3) is 22.3 Å². The van der Waals surface area contributed by atoms with Crippen LogP contribution in [-0.2, 0) is 0 Å². The molecule has 0 aliphatic heterocycles. The van der Waals surface area contributed by atoms with Gasteiger partial charge in [-0.3, -0.25) is 9.97 Å². The molecule has 6 nitrogen and oxygen atoms in total. The number of nitrogens with one attached hydrogen (secondary N) is 1. The molecule has 0 unspecified atom stereocenters. The zero-order valence-corrected chi connectivity index (χ0v) is 14.6. The van der Waals surface area contributed by atoms with E-state index in [-0.39, 0.29) is 0 Å². The van der Waals surface area contributed by atoms with Gasteiger partial charge in [-0.1, -0.05) is 11.6 Å². The summed E-state index contributed by atoms with van der Waals surface area (Å²) in [5, 5.41) is 4.68. The number of methoxy groups -OCH3 is 1. The number of hydrogen-bond acceptors (Lipinski definition) is 6. The molecule has 3 aromatic heterocycles. The van der Waals surface area contributed by atoms with Crippen molar-refractivity contribution in [3.05, 3.63) is 66.2 Å². The molecule has 0 bridgehead atoms. The molecule has 0 saturated heterocycles. The van der Waals surface area contributed by atoms with Gasteiger partial charge in [-0.2, -0.15) is 0 Å². The van der Waals surface area contributed by atoms with Crippen LogP contribution in [0.4, 0.5) is 11.5 Å². The number of benzene rings is 1. The zero-order chi connectivity index (χ0) is 17.9. The van der Waals surface area contributed by atoms with Gasteiger partial charge in [0.1, 0.15) is 11.6 Å². The van der Waals surface area contributed by atoms with Crippen LogP contribution in [0.2, 0.25) is 5.02 Å². The van der Waals surface area contributed by atoms with E-state index in [9.17, 15) is 0 Å². The highest BCUT2D eigenvalue weighted by molar-refractivity contribution is 6.30. The summed E-state index contributed by atoms with van der Waals surface area (Å²) in [6.45, 7) is 0. The van der Waals surface area contributed by atoms with Crippen LogP contribution in [0, 0.1) is 0 Å². The lowest BCUT2D eigenvalue weighted by molar-refractivity contribution is 0.415. The Morgan fingerprint density at radius 3 is 2.69 bits per heavy atom. The number of fused-ring (bicyclic) bond motifs is 1. The molecule has 1 aromatic carbocycles. The van der Waals surface area contributed by atoms with Crippen molar-refractivity contribution >= 4 is 34.0 Å². The van der Waals surface area contributed by atoms with Crippen LogP contribution in [0.5, 0.6) is 5.75 Å². The zero-order valence-electron chi connectivity index (χ0n) is 13.8. The van der Waals surface area contributed by atoms with Gasteiger partial charge in [0.25, 0.3) is 0 Å². The topological polar surface area (TPSA) is 72.8 Å². The van der Waals surface area contributed by atoms with E-state index in [2.05, 4.69) is 25.3 Å². The Bertz CT molecular complexity index is 1070. The largest absolute Gasteiger partial charge is 0.497 e. The molecule has 128 valence electrons. The van der Waals surface area contributed by atoms with E-state index in [4.69, 9.17) is 16.3 Å². The maximum atomic E-state index is 6.04. The molecule has 0 fully saturated rings. The van der Waals surface area contributed by atoms with Gasteiger partial charge in [-0.15, -0.1) is 0 Å². The molecule has 26 heavy (non-hydrogen) atoms. The highest BCUT2D eigenvalue weighted by atomic mass is 35.5. The first kappa shape index (κ1) is 16.2. The third kappa shape index (κ3) is 3.27. The molecule has 0 radical (unpaired) electrons. The summed E-state index contributed by atoms with van der Waals surface area (Å²) in [5.74, 6) is 1.95. The predicted molar refractivity (Wildman–Crippen MR) is 102 cm³/mol. The number of halogens is 1. The fourth-order valence-electron chi connectivity index (χ4n) is 2.57. The summed E-state index contributed by atoms with van der Waals surface area (Å²) in [6, 6.07) is 11.2. The molecule has 4 rings (SSSR count). The molecule has 4 aromatic rings. The third-order valence-electron chi connectivity index (χ3n) is 3.79. The van der Waals surface area contributed by atoms with Crippen LogP contribution in [0.3, 0.4) is 0 Å². The van der Waals surface area contributed by atoms with E-state index in [1.807, 2.05) is 30.3 Å². The Balaban J connectivity index is 1.88. The number of anilines is 2. The van der Waals surface area contributed by atoms with E-state index in [0.29, 0.717) is 16.7 Å². The Labute approximate surface area is 154 Å². The molecular formula is C19H14ClN5O. The van der Waals surface area contributed by atoms with Gasteiger partial charge in [0, 0.05) is 35.6 Å². The average molecular weight is 364 g/mol. The van der Waals surface area contributed by atoms with Gasteiger partial charge in [0.15, 0.2) is 5.82 Å². The maximum absolute atomic E-state index is 6.04. The number of nitrogens with zero attached hydrogens (tertiary/aromatic N) is 4. The second-order valence-corrected chi connectivity index (χ2v) is 5.97. The summed E-state index contributed by atoms with van der Waals surface area (Å²) in [5.41, 5.74) is 2.32. The highest BCUT2D eigenvalue weighted by Gasteiger charge is 2.11. The molecule has 0 atom stereocenters. The van der Waals surface area contributed by atoms with E-state index < -0.39 is 0 Å². The van der Waals surface area contributed by atoms with Gasteiger partial charge in [0.2, 0.25) is 0 Å².